The number of hydrazone groups is 1. The largest absolute Gasteiger partial charge is 0.300 e. The number of amides is 1. The molecule has 1 aliphatic rings. The van der Waals surface area contributed by atoms with Crippen molar-refractivity contribution in [2.45, 2.75) is 9.79 Å². The Morgan fingerprint density at radius 2 is 1.16 bits per heavy atom. The summed E-state index contributed by atoms with van der Waals surface area (Å²) in [5.74, 6) is -0.0607. The molecule has 0 unspecified atom stereocenters. The van der Waals surface area contributed by atoms with Gasteiger partial charge in [-0.25, -0.2) is 0 Å². The highest BCUT2D eigenvalue weighted by atomic mass is 32.2. The van der Waals surface area contributed by atoms with E-state index in [1.807, 2.05) is 109 Å². The standard InChI is InChI=1S/C27H21N3OS/c31-26(30-22-15-7-9-17-24(22)32-25-18-10-8-16-23(25)30)19-28-29-27(20-11-3-1-4-12-20)21-13-5-2-6-14-21/h1-18,28H,19H2. The number of fused-ring (bicyclic) bond motifs is 2. The minimum atomic E-state index is -0.0607. The van der Waals surface area contributed by atoms with Crippen LogP contribution in [0.1, 0.15) is 11.1 Å². The van der Waals surface area contributed by atoms with Crippen LogP contribution in [0.25, 0.3) is 0 Å². The van der Waals surface area contributed by atoms with Crippen LogP contribution in [0.4, 0.5) is 11.4 Å². The molecule has 1 aliphatic heterocycles. The molecule has 0 spiro atoms. The lowest BCUT2D eigenvalue weighted by atomic mass is 10.0. The highest BCUT2D eigenvalue weighted by Crippen LogP contribution is 2.47. The molecule has 0 atom stereocenters. The fraction of sp³-hybridized carbons (Fsp3) is 0.0370. The number of carbonyl (C=O) groups is 1. The zero-order valence-electron chi connectivity index (χ0n) is 17.3. The Morgan fingerprint density at radius 1 is 0.688 bits per heavy atom. The van der Waals surface area contributed by atoms with E-state index in [0.29, 0.717) is 0 Å². The van der Waals surface area contributed by atoms with Crippen molar-refractivity contribution in [2.75, 3.05) is 11.4 Å². The maximum absolute atomic E-state index is 13.4. The van der Waals surface area contributed by atoms with Crippen LogP contribution in [0.5, 0.6) is 0 Å². The van der Waals surface area contributed by atoms with Crippen molar-refractivity contribution in [1.29, 1.82) is 0 Å². The Morgan fingerprint density at radius 3 is 1.69 bits per heavy atom. The Hall–Kier alpha value is -3.83. The lowest BCUT2D eigenvalue weighted by Gasteiger charge is -2.31. The number of carbonyl (C=O) groups excluding carboxylic acids is 1. The minimum Gasteiger partial charge on any atom is -0.300 e. The van der Waals surface area contributed by atoms with E-state index in [4.69, 9.17) is 0 Å². The van der Waals surface area contributed by atoms with Gasteiger partial charge in [0, 0.05) is 20.9 Å². The van der Waals surface area contributed by atoms with Crippen LogP contribution in [0.3, 0.4) is 0 Å². The number of anilines is 2. The summed E-state index contributed by atoms with van der Waals surface area (Å²) < 4.78 is 0. The highest BCUT2D eigenvalue weighted by molar-refractivity contribution is 7.99. The Balaban J connectivity index is 1.43. The molecule has 0 saturated carbocycles. The van der Waals surface area contributed by atoms with E-state index in [1.165, 1.54) is 0 Å². The van der Waals surface area contributed by atoms with Crippen LogP contribution >= 0.6 is 11.8 Å². The maximum atomic E-state index is 13.4. The van der Waals surface area contributed by atoms with Crippen LogP contribution in [-0.2, 0) is 4.79 Å². The number of benzene rings is 4. The normalized spacial score (nSPS) is 11.8. The van der Waals surface area contributed by atoms with E-state index in [1.54, 1.807) is 16.7 Å². The van der Waals surface area contributed by atoms with E-state index < -0.39 is 0 Å². The van der Waals surface area contributed by atoms with E-state index in [0.717, 1.165) is 38.0 Å². The molecule has 0 saturated heterocycles. The summed E-state index contributed by atoms with van der Waals surface area (Å²) in [7, 11) is 0. The second-order valence-corrected chi connectivity index (χ2v) is 8.38. The number of para-hydroxylation sites is 2. The molecule has 156 valence electrons. The molecule has 4 aromatic rings. The van der Waals surface area contributed by atoms with E-state index in [2.05, 4.69) is 10.5 Å². The van der Waals surface area contributed by atoms with Gasteiger partial charge in [-0.15, -0.1) is 0 Å². The molecule has 5 rings (SSSR count). The lowest BCUT2D eigenvalue weighted by molar-refractivity contribution is -0.117. The fourth-order valence-electron chi connectivity index (χ4n) is 3.73. The van der Waals surface area contributed by atoms with Gasteiger partial charge in [-0.2, -0.15) is 5.10 Å². The van der Waals surface area contributed by atoms with Crippen molar-refractivity contribution in [3.63, 3.8) is 0 Å². The first-order chi connectivity index (χ1) is 15.8. The first-order valence-electron chi connectivity index (χ1n) is 10.4. The Labute approximate surface area is 191 Å². The molecule has 4 nitrogen and oxygen atoms in total. The lowest BCUT2D eigenvalue weighted by Crippen LogP contribution is -2.35. The molecule has 0 fully saturated rings. The van der Waals surface area contributed by atoms with Gasteiger partial charge in [0.15, 0.2) is 0 Å². The van der Waals surface area contributed by atoms with Crippen molar-refractivity contribution in [3.8, 4) is 0 Å². The third-order valence-corrected chi connectivity index (χ3v) is 6.33. The molecule has 1 amide bonds. The quantitative estimate of drug-likeness (QED) is 0.316. The summed E-state index contributed by atoms with van der Waals surface area (Å²) in [5, 5.41) is 4.62. The molecule has 1 heterocycles. The van der Waals surface area contributed by atoms with Crippen LogP contribution in [0, 0.1) is 0 Å². The van der Waals surface area contributed by atoms with Gasteiger partial charge < -0.3 is 0 Å². The summed E-state index contributed by atoms with van der Waals surface area (Å²) in [4.78, 5) is 17.3. The summed E-state index contributed by atoms with van der Waals surface area (Å²) >= 11 is 1.69. The third-order valence-electron chi connectivity index (χ3n) is 5.20. The topological polar surface area (TPSA) is 44.7 Å². The van der Waals surface area contributed by atoms with Gasteiger partial charge >= 0.3 is 0 Å². The average Bonchev–Trinajstić information content (AvgIpc) is 2.86. The third kappa shape index (κ3) is 4.03. The average molecular weight is 436 g/mol. The van der Waals surface area contributed by atoms with E-state index >= 15 is 0 Å². The van der Waals surface area contributed by atoms with Gasteiger partial charge in [0.05, 0.1) is 17.1 Å². The van der Waals surface area contributed by atoms with Gasteiger partial charge in [0.1, 0.15) is 6.54 Å². The first-order valence-corrected chi connectivity index (χ1v) is 11.2. The highest BCUT2D eigenvalue weighted by Gasteiger charge is 2.27. The minimum absolute atomic E-state index is 0.0607. The molecule has 0 radical (unpaired) electrons. The zero-order valence-corrected chi connectivity index (χ0v) is 18.1. The molecule has 32 heavy (non-hydrogen) atoms. The van der Waals surface area contributed by atoms with Gasteiger partial charge in [-0.1, -0.05) is 96.7 Å². The maximum Gasteiger partial charge on any atom is 0.252 e. The first kappa shape index (κ1) is 20.1. The predicted molar refractivity (Wildman–Crippen MR) is 131 cm³/mol. The number of nitrogens with one attached hydrogen (secondary N) is 1. The number of hydrogen-bond acceptors (Lipinski definition) is 4. The van der Waals surface area contributed by atoms with Crippen molar-refractivity contribution in [1.82, 2.24) is 5.43 Å². The van der Waals surface area contributed by atoms with Gasteiger partial charge in [0.25, 0.3) is 5.91 Å². The Bertz CT molecular complexity index is 1190. The summed E-state index contributed by atoms with van der Waals surface area (Å²) in [6, 6.07) is 35.9. The number of hydrogen-bond donors (Lipinski definition) is 1. The monoisotopic (exact) mass is 435 g/mol. The molecular weight excluding hydrogens is 414 g/mol. The van der Waals surface area contributed by atoms with Crippen molar-refractivity contribution in [2.24, 2.45) is 5.10 Å². The summed E-state index contributed by atoms with van der Waals surface area (Å²) in [5.41, 5.74) is 7.61. The van der Waals surface area contributed by atoms with E-state index in [-0.39, 0.29) is 12.5 Å². The number of rotatable bonds is 5. The second kappa shape index (κ2) is 9.12. The molecule has 5 heteroatoms. The van der Waals surface area contributed by atoms with Crippen molar-refractivity contribution < 1.29 is 4.79 Å². The van der Waals surface area contributed by atoms with Gasteiger partial charge in [-0.3, -0.25) is 15.1 Å². The van der Waals surface area contributed by atoms with Crippen molar-refractivity contribution >= 4 is 34.8 Å². The van der Waals surface area contributed by atoms with Crippen molar-refractivity contribution in [3.05, 3.63) is 120 Å². The summed E-state index contributed by atoms with van der Waals surface area (Å²) in [6.07, 6.45) is 0. The smallest absolute Gasteiger partial charge is 0.252 e. The van der Waals surface area contributed by atoms with Crippen LogP contribution in [0.15, 0.2) is 124 Å². The van der Waals surface area contributed by atoms with Gasteiger partial charge in [-0.05, 0) is 24.3 Å². The van der Waals surface area contributed by atoms with Crippen LogP contribution < -0.4 is 10.3 Å². The fourth-order valence-corrected chi connectivity index (χ4v) is 4.78. The van der Waals surface area contributed by atoms with Crippen LogP contribution in [0.2, 0.25) is 0 Å². The molecule has 0 bridgehead atoms. The Kier molecular flexibility index (Phi) is 5.73. The number of nitrogens with zero attached hydrogens (tertiary/aromatic N) is 2. The molecular formula is C27H21N3OS. The zero-order chi connectivity index (χ0) is 21.8. The predicted octanol–water partition coefficient (Wildman–Crippen LogP) is 5.86. The second-order valence-electron chi connectivity index (χ2n) is 7.29. The molecule has 1 N–H and O–H groups in total. The van der Waals surface area contributed by atoms with Gasteiger partial charge in [0.2, 0.25) is 0 Å². The molecule has 4 aromatic carbocycles. The van der Waals surface area contributed by atoms with E-state index in [9.17, 15) is 4.79 Å². The van der Waals surface area contributed by atoms with Crippen LogP contribution in [-0.4, -0.2) is 18.2 Å². The summed E-state index contributed by atoms with van der Waals surface area (Å²) in [6.45, 7) is 0.0799. The SMILES string of the molecule is O=C(CNN=C(c1ccccc1)c1ccccc1)N1c2ccccc2Sc2ccccc21. The molecule has 0 aromatic heterocycles. The molecule has 0 aliphatic carbocycles.